The Morgan fingerprint density at radius 3 is 2.65 bits per heavy atom. The molecule has 104 valence electrons. The summed E-state index contributed by atoms with van der Waals surface area (Å²) in [6.07, 6.45) is 0.994. The van der Waals surface area contributed by atoms with Crippen molar-refractivity contribution in [2.24, 2.45) is 11.8 Å². The second kappa shape index (κ2) is 5.19. The van der Waals surface area contributed by atoms with E-state index in [2.05, 4.69) is 16.6 Å². The molecule has 3 rings (SSSR count). The predicted octanol–water partition coefficient (Wildman–Crippen LogP) is 4.37. The Morgan fingerprint density at radius 2 is 2.05 bits per heavy atom. The molecule has 2 atom stereocenters. The van der Waals surface area contributed by atoms with Gasteiger partial charge in [-0.25, -0.2) is 0 Å². The first kappa shape index (κ1) is 13.6. The number of hydrogen-bond acceptors (Lipinski definition) is 3. The maximum atomic E-state index is 12.0. The zero-order valence-corrected chi connectivity index (χ0v) is 12.9. The number of hydrogen-bond donors (Lipinski definition) is 1. The Labute approximate surface area is 127 Å². The topological polar surface area (TPSA) is 42.0 Å². The Morgan fingerprint density at radius 1 is 1.40 bits per heavy atom. The Hall–Kier alpha value is -1.39. The summed E-state index contributed by atoms with van der Waals surface area (Å²) in [5.74, 6) is 0.807. The summed E-state index contributed by atoms with van der Waals surface area (Å²) in [6.45, 7) is 4.09. The van der Waals surface area contributed by atoms with Gasteiger partial charge in [-0.05, 0) is 42.9 Å². The molecule has 2 aromatic rings. The van der Waals surface area contributed by atoms with E-state index in [0.29, 0.717) is 10.9 Å². The number of benzene rings is 1. The zero-order valence-electron chi connectivity index (χ0n) is 11.3. The minimum Gasteiger partial charge on any atom is -0.316 e. The minimum atomic E-state index is 0.118. The number of nitrogens with zero attached hydrogens (tertiary/aromatic N) is 1. The van der Waals surface area contributed by atoms with Crippen molar-refractivity contribution in [1.29, 1.82) is 0 Å². The smallest absolute Gasteiger partial charge is 0.228 e. The number of nitrogens with one attached hydrogen (secondary N) is 1. The highest BCUT2D eigenvalue weighted by Gasteiger charge is 2.39. The van der Waals surface area contributed by atoms with Crippen molar-refractivity contribution in [1.82, 2.24) is 4.37 Å². The van der Waals surface area contributed by atoms with Crippen LogP contribution in [0.3, 0.4) is 0 Å². The highest BCUT2D eigenvalue weighted by molar-refractivity contribution is 7.10. The first-order valence-corrected chi connectivity index (χ1v) is 7.74. The van der Waals surface area contributed by atoms with Gasteiger partial charge in [0.1, 0.15) is 5.00 Å². The standard InChI is InChI=1S/C15H15ClN2OS/c1-8-7-12(8)14(19)17-15-9(2)13(18-20-15)10-3-5-11(16)6-4-10/h3-6,8,12H,7H2,1-2H3,(H,17,19)/t8?,12-/m1/s1. The third kappa shape index (κ3) is 2.58. The molecule has 1 aromatic carbocycles. The molecule has 0 saturated heterocycles. The van der Waals surface area contributed by atoms with Crippen LogP contribution in [0.25, 0.3) is 11.3 Å². The van der Waals surface area contributed by atoms with Crippen LogP contribution in [0.15, 0.2) is 24.3 Å². The van der Waals surface area contributed by atoms with Crippen LogP contribution in [0.5, 0.6) is 0 Å². The molecule has 0 spiro atoms. The van der Waals surface area contributed by atoms with E-state index in [1.807, 2.05) is 31.2 Å². The molecular weight excluding hydrogens is 292 g/mol. The quantitative estimate of drug-likeness (QED) is 0.915. The van der Waals surface area contributed by atoms with Crippen molar-refractivity contribution in [3.05, 3.63) is 34.9 Å². The molecule has 5 heteroatoms. The number of aromatic nitrogens is 1. The molecule has 1 heterocycles. The van der Waals surface area contributed by atoms with Gasteiger partial charge in [-0.15, -0.1) is 0 Å². The van der Waals surface area contributed by atoms with Crippen molar-refractivity contribution >= 4 is 34.0 Å². The summed E-state index contributed by atoms with van der Waals surface area (Å²) in [7, 11) is 0. The van der Waals surface area contributed by atoms with E-state index < -0.39 is 0 Å². The molecule has 1 unspecified atom stereocenters. The van der Waals surface area contributed by atoms with Crippen molar-refractivity contribution < 1.29 is 4.79 Å². The lowest BCUT2D eigenvalue weighted by Crippen LogP contribution is -2.14. The molecule has 1 saturated carbocycles. The monoisotopic (exact) mass is 306 g/mol. The van der Waals surface area contributed by atoms with E-state index in [9.17, 15) is 4.79 Å². The van der Waals surface area contributed by atoms with E-state index in [-0.39, 0.29) is 11.8 Å². The molecule has 20 heavy (non-hydrogen) atoms. The van der Waals surface area contributed by atoms with Gasteiger partial charge < -0.3 is 5.32 Å². The molecule has 0 radical (unpaired) electrons. The molecule has 1 N–H and O–H groups in total. The molecule has 1 amide bonds. The number of carbonyl (C=O) groups is 1. The van der Waals surface area contributed by atoms with Gasteiger partial charge in [0.15, 0.2) is 0 Å². The van der Waals surface area contributed by atoms with E-state index in [1.165, 1.54) is 11.5 Å². The van der Waals surface area contributed by atoms with Gasteiger partial charge in [-0.1, -0.05) is 30.7 Å². The third-order valence-corrected chi connectivity index (χ3v) is 4.84. The van der Waals surface area contributed by atoms with Crippen LogP contribution in [0, 0.1) is 18.8 Å². The first-order valence-electron chi connectivity index (χ1n) is 6.59. The molecule has 1 aliphatic carbocycles. The fraction of sp³-hybridized carbons (Fsp3) is 0.333. The maximum Gasteiger partial charge on any atom is 0.228 e. The first-order chi connectivity index (χ1) is 9.56. The highest BCUT2D eigenvalue weighted by Crippen LogP contribution is 2.39. The number of halogens is 1. The summed E-state index contributed by atoms with van der Waals surface area (Å²) in [6, 6.07) is 7.58. The second-order valence-corrected chi connectivity index (χ2v) is 6.51. The molecule has 0 bridgehead atoms. The van der Waals surface area contributed by atoms with Gasteiger partial charge in [-0.2, -0.15) is 4.37 Å². The average molecular weight is 307 g/mol. The van der Waals surface area contributed by atoms with Crippen LogP contribution in [-0.4, -0.2) is 10.3 Å². The van der Waals surface area contributed by atoms with Crippen LogP contribution in [-0.2, 0) is 4.79 Å². The van der Waals surface area contributed by atoms with Gasteiger partial charge in [0.05, 0.1) is 5.69 Å². The fourth-order valence-corrected chi connectivity index (χ4v) is 3.15. The van der Waals surface area contributed by atoms with Crippen molar-refractivity contribution in [2.75, 3.05) is 5.32 Å². The number of carbonyl (C=O) groups excluding carboxylic acids is 1. The molecule has 3 nitrogen and oxygen atoms in total. The summed E-state index contributed by atoms with van der Waals surface area (Å²) < 4.78 is 4.45. The van der Waals surface area contributed by atoms with Crippen LogP contribution in [0.1, 0.15) is 18.9 Å². The lowest BCUT2D eigenvalue weighted by Gasteiger charge is -2.03. The summed E-state index contributed by atoms with van der Waals surface area (Å²) in [5, 5.41) is 4.55. The number of amides is 1. The SMILES string of the molecule is Cc1c(-c2ccc(Cl)cc2)nsc1NC(=O)[C@@H]1CC1C. The molecule has 1 aliphatic rings. The van der Waals surface area contributed by atoms with Crippen LogP contribution in [0.4, 0.5) is 5.00 Å². The number of rotatable bonds is 3. The van der Waals surface area contributed by atoms with E-state index in [1.54, 1.807) is 0 Å². The van der Waals surface area contributed by atoms with Crippen molar-refractivity contribution in [3.63, 3.8) is 0 Å². The lowest BCUT2D eigenvalue weighted by molar-refractivity contribution is -0.117. The molecular formula is C15H15ClN2OS. The van der Waals surface area contributed by atoms with Crippen LogP contribution >= 0.6 is 23.1 Å². The second-order valence-electron chi connectivity index (χ2n) is 5.30. The van der Waals surface area contributed by atoms with Gasteiger partial charge >= 0.3 is 0 Å². The van der Waals surface area contributed by atoms with Gasteiger partial charge in [0.2, 0.25) is 5.91 Å². The van der Waals surface area contributed by atoms with Crippen molar-refractivity contribution in [2.45, 2.75) is 20.3 Å². The number of anilines is 1. The predicted molar refractivity (Wildman–Crippen MR) is 83.2 cm³/mol. The van der Waals surface area contributed by atoms with Gasteiger partial charge in [-0.3, -0.25) is 4.79 Å². The maximum absolute atomic E-state index is 12.0. The van der Waals surface area contributed by atoms with Gasteiger partial charge in [0, 0.05) is 22.1 Å². The average Bonchev–Trinajstić information content (AvgIpc) is 3.06. The van der Waals surface area contributed by atoms with E-state index in [4.69, 9.17) is 11.6 Å². The summed E-state index contributed by atoms with van der Waals surface area (Å²) >= 11 is 7.23. The van der Waals surface area contributed by atoms with E-state index in [0.717, 1.165) is 28.2 Å². The Balaban J connectivity index is 1.81. The normalized spacial score (nSPS) is 20.8. The largest absolute Gasteiger partial charge is 0.316 e. The minimum absolute atomic E-state index is 0.118. The highest BCUT2D eigenvalue weighted by atomic mass is 35.5. The zero-order chi connectivity index (χ0) is 14.3. The third-order valence-electron chi connectivity index (χ3n) is 3.72. The summed E-state index contributed by atoms with van der Waals surface area (Å²) in [5.41, 5.74) is 2.94. The molecule has 1 aromatic heterocycles. The van der Waals surface area contributed by atoms with E-state index >= 15 is 0 Å². The Bertz CT molecular complexity index is 650. The molecule has 1 fully saturated rings. The van der Waals surface area contributed by atoms with Crippen LogP contribution in [0.2, 0.25) is 5.02 Å². The molecule has 0 aliphatic heterocycles. The van der Waals surface area contributed by atoms with Gasteiger partial charge in [0.25, 0.3) is 0 Å². The van der Waals surface area contributed by atoms with Crippen LogP contribution < -0.4 is 5.32 Å². The summed E-state index contributed by atoms with van der Waals surface area (Å²) in [4.78, 5) is 12.0. The lowest BCUT2D eigenvalue weighted by atomic mass is 10.1. The Kier molecular flexibility index (Phi) is 3.52. The fourth-order valence-electron chi connectivity index (χ4n) is 2.22. The van der Waals surface area contributed by atoms with Crippen molar-refractivity contribution in [3.8, 4) is 11.3 Å².